The molecule has 0 unspecified atom stereocenters. The van der Waals surface area contributed by atoms with Gasteiger partial charge in [0.1, 0.15) is 11.6 Å². The molecule has 4 nitrogen and oxygen atoms in total. The fourth-order valence-corrected chi connectivity index (χ4v) is 5.18. The Hall–Kier alpha value is -3.61. The Kier molecular flexibility index (Phi) is 6.56. The van der Waals surface area contributed by atoms with E-state index in [1.165, 1.54) is 12.1 Å². The maximum Gasteiger partial charge on any atom is 0.416 e. The standard InChI is InChI=1S/C29H29F3N4/c1-19(21-9-4-3-5-10-21)34-26-18-23(15-16-33-26)28-27(22-11-8-12-24(17-22)29(30,31)32)35-20(2)36(28)25-13-6-7-14-25/h3-5,8-12,15-19,25H,6-7,13-14H2,1-2H3,(H,33,34)/t19-/m0/s1. The summed E-state index contributed by atoms with van der Waals surface area (Å²) in [6, 6.07) is 19.8. The third kappa shape index (κ3) is 4.87. The summed E-state index contributed by atoms with van der Waals surface area (Å²) in [7, 11) is 0. The normalized spacial score (nSPS) is 15.2. The van der Waals surface area contributed by atoms with Crippen molar-refractivity contribution in [3.8, 4) is 22.5 Å². The Labute approximate surface area is 209 Å². The zero-order valence-electron chi connectivity index (χ0n) is 20.4. The van der Waals surface area contributed by atoms with Gasteiger partial charge < -0.3 is 9.88 Å². The Bertz CT molecular complexity index is 1340. The van der Waals surface area contributed by atoms with Crippen molar-refractivity contribution < 1.29 is 13.2 Å². The van der Waals surface area contributed by atoms with Gasteiger partial charge in [-0.3, -0.25) is 0 Å². The summed E-state index contributed by atoms with van der Waals surface area (Å²) < 4.78 is 42.8. The zero-order chi connectivity index (χ0) is 25.3. The molecule has 1 aliphatic rings. The number of nitrogens with zero attached hydrogens (tertiary/aromatic N) is 3. The number of halogens is 3. The van der Waals surface area contributed by atoms with Gasteiger partial charge in [-0.05, 0) is 56.5 Å². The van der Waals surface area contributed by atoms with Crippen molar-refractivity contribution in [3.63, 3.8) is 0 Å². The Morgan fingerprint density at radius 2 is 1.69 bits per heavy atom. The van der Waals surface area contributed by atoms with E-state index in [9.17, 15) is 13.2 Å². The van der Waals surface area contributed by atoms with Crippen LogP contribution in [-0.4, -0.2) is 14.5 Å². The van der Waals surface area contributed by atoms with Crippen LogP contribution in [0.1, 0.15) is 61.6 Å². The number of hydrogen-bond acceptors (Lipinski definition) is 3. The lowest BCUT2D eigenvalue weighted by Gasteiger charge is -2.20. The van der Waals surface area contributed by atoms with Crippen LogP contribution < -0.4 is 5.32 Å². The quantitative estimate of drug-likeness (QED) is 0.296. The molecule has 1 fully saturated rings. The van der Waals surface area contributed by atoms with Crippen LogP contribution in [-0.2, 0) is 6.18 Å². The van der Waals surface area contributed by atoms with Gasteiger partial charge in [0, 0.05) is 29.4 Å². The van der Waals surface area contributed by atoms with Gasteiger partial charge in [-0.15, -0.1) is 0 Å². The number of hydrogen-bond donors (Lipinski definition) is 1. The molecule has 2 aromatic carbocycles. The van der Waals surface area contributed by atoms with Gasteiger partial charge in [0.25, 0.3) is 0 Å². The molecule has 1 aliphatic carbocycles. The van der Waals surface area contributed by atoms with Crippen LogP contribution in [0.25, 0.3) is 22.5 Å². The average Bonchev–Trinajstić information content (AvgIpc) is 3.52. The fraction of sp³-hybridized carbons (Fsp3) is 0.310. The highest BCUT2D eigenvalue weighted by molar-refractivity contribution is 5.80. The first kappa shape index (κ1) is 24.1. The molecule has 1 atom stereocenters. The number of nitrogens with one attached hydrogen (secondary N) is 1. The minimum atomic E-state index is -4.42. The minimum absolute atomic E-state index is 0.0402. The maximum absolute atomic E-state index is 13.5. The van der Waals surface area contributed by atoms with E-state index >= 15 is 0 Å². The molecule has 1 N–H and O–H groups in total. The second-order valence-electron chi connectivity index (χ2n) is 9.45. The highest BCUT2D eigenvalue weighted by Crippen LogP contribution is 2.41. The van der Waals surface area contributed by atoms with E-state index < -0.39 is 11.7 Å². The first-order valence-electron chi connectivity index (χ1n) is 12.4. The summed E-state index contributed by atoms with van der Waals surface area (Å²) in [5.74, 6) is 1.52. The number of anilines is 1. The summed E-state index contributed by atoms with van der Waals surface area (Å²) in [6.45, 7) is 4.02. The highest BCUT2D eigenvalue weighted by atomic mass is 19.4. The second-order valence-corrected chi connectivity index (χ2v) is 9.45. The van der Waals surface area contributed by atoms with Crippen LogP contribution in [0.15, 0.2) is 72.9 Å². The lowest BCUT2D eigenvalue weighted by Crippen LogP contribution is -2.10. The minimum Gasteiger partial charge on any atom is -0.364 e. The Balaban J connectivity index is 1.60. The molecule has 1 saturated carbocycles. The van der Waals surface area contributed by atoms with E-state index in [1.807, 2.05) is 37.3 Å². The van der Waals surface area contributed by atoms with Crippen molar-refractivity contribution in [1.29, 1.82) is 0 Å². The molecule has 4 aromatic rings. The first-order chi connectivity index (χ1) is 17.3. The lowest BCUT2D eigenvalue weighted by atomic mass is 10.0. The summed E-state index contributed by atoms with van der Waals surface area (Å²) in [6.07, 6.45) is 1.67. The lowest BCUT2D eigenvalue weighted by molar-refractivity contribution is -0.137. The van der Waals surface area contributed by atoms with Crippen molar-refractivity contribution in [1.82, 2.24) is 14.5 Å². The number of aromatic nitrogens is 3. The molecule has 0 bridgehead atoms. The molecule has 186 valence electrons. The van der Waals surface area contributed by atoms with Gasteiger partial charge in [0.2, 0.25) is 0 Å². The predicted octanol–water partition coefficient (Wildman–Crippen LogP) is 8.23. The van der Waals surface area contributed by atoms with Gasteiger partial charge in [-0.25, -0.2) is 9.97 Å². The molecule has 0 radical (unpaired) electrons. The van der Waals surface area contributed by atoms with Gasteiger partial charge >= 0.3 is 6.18 Å². The topological polar surface area (TPSA) is 42.7 Å². The summed E-state index contributed by atoms with van der Waals surface area (Å²) >= 11 is 0. The van der Waals surface area contributed by atoms with Crippen LogP contribution in [0.3, 0.4) is 0 Å². The van der Waals surface area contributed by atoms with Crippen LogP contribution in [0.2, 0.25) is 0 Å². The smallest absolute Gasteiger partial charge is 0.364 e. The van der Waals surface area contributed by atoms with Gasteiger partial charge in [-0.1, -0.05) is 55.3 Å². The predicted molar refractivity (Wildman–Crippen MR) is 137 cm³/mol. The number of rotatable bonds is 6. The average molecular weight is 491 g/mol. The van der Waals surface area contributed by atoms with Crippen molar-refractivity contribution in [2.24, 2.45) is 0 Å². The largest absolute Gasteiger partial charge is 0.416 e. The van der Waals surface area contributed by atoms with Crippen LogP contribution in [0.5, 0.6) is 0 Å². The van der Waals surface area contributed by atoms with Crippen LogP contribution >= 0.6 is 0 Å². The third-order valence-electron chi connectivity index (χ3n) is 6.94. The van der Waals surface area contributed by atoms with Crippen LogP contribution in [0, 0.1) is 6.92 Å². The number of pyridine rings is 1. The molecule has 0 aliphatic heterocycles. The molecule has 36 heavy (non-hydrogen) atoms. The summed E-state index contributed by atoms with van der Waals surface area (Å²) in [5.41, 5.74) is 3.22. The SMILES string of the molecule is Cc1nc(-c2cccc(C(F)(F)F)c2)c(-c2ccnc(N[C@@H](C)c3ccccc3)c2)n1C1CCCC1. The van der Waals surface area contributed by atoms with Gasteiger partial charge in [0.15, 0.2) is 0 Å². The third-order valence-corrected chi connectivity index (χ3v) is 6.94. The molecule has 7 heteroatoms. The van der Waals surface area contributed by atoms with E-state index in [4.69, 9.17) is 4.98 Å². The van der Waals surface area contributed by atoms with E-state index in [2.05, 4.69) is 33.9 Å². The fourth-order valence-electron chi connectivity index (χ4n) is 5.18. The molecule has 0 spiro atoms. The molecular formula is C29H29F3N4. The molecule has 2 heterocycles. The van der Waals surface area contributed by atoms with Gasteiger partial charge in [-0.2, -0.15) is 13.2 Å². The molecule has 0 saturated heterocycles. The first-order valence-corrected chi connectivity index (χ1v) is 12.4. The van der Waals surface area contributed by atoms with Crippen molar-refractivity contribution in [2.75, 3.05) is 5.32 Å². The Morgan fingerprint density at radius 3 is 2.42 bits per heavy atom. The summed E-state index contributed by atoms with van der Waals surface area (Å²) in [5, 5.41) is 3.46. The second kappa shape index (κ2) is 9.80. The number of alkyl halides is 3. The maximum atomic E-state index is 13.5. The van der Waals surface area contributed by atoms with Crippen molar-refractivity contribution >= 4 is 5.82 Å². The molecule has 5 rings (SSSR count). The van der Waals surface area contributed by atoms with E-state index in [0.29, 0.717) is 17.1 Å². The van der Waals surface area contributed by atoms with Crippen molar-refractivity contribution in [3.05, 3.63) is 89.9 Å². The molecule has 0 amide bonds. The van der Waals surface area contributed by atoms with Crippen molar-refractivity contribution in [2.45, 2.75) is 57.8 Å². The van der Waals surface area contributed by atoms with Gasteiger partial charge in [0.05, 0.1) is 17.0 Å². The molecule has 2 aromatic heterocycles. The number of aryl methyl sites for hydroxylation is 1. The monoisotopic (exact) mass is 490 g/mol. The van der Waals surface area contributed by atoms with E-state index in [0.717, 1.165) is 54.4 Å². The number of imidazole rings is 1. The summed E-state index contributed by atoms with van der Waals surface area (Å²) in [4.78, 5) is 9.34. The van der Waals surface area contributed by atoms with E-state index in [1.54, 1.807) is 12.3 Å². The number of benzene rings is 2. The molecular weight excluding hydrogens is 461 g/mol. The van der Waals surface area contributed by atoms with Crippen LogP contribution in [0.4, 0.5) is 19.0 Å². The highest BCUT2D eigenvalue weighted by Gasteiger charge is 2.32. The van der Waals surface area contributed by atoms with E-state index in [-0.39, 0.29) is 12.1 Å². The zero-order valence-corrected chi connectivity index (χ0v) is 20.4. The Morgan fingerprint density at radius 1 is 0.944 bits per heavy atom.